The molecule has 72 valence electrons. The molecule has 0 aromatic heterocycles. The summed E-state index contributed by atoms with van der Waals surface area (Å²) in [7, 11) is 4.30. The third-order valence-corrected chi connectivity index (χ3v) is 2.52. The molecule has 0 aliphatic carbocycles. The van der Waals surface area contributed by atoms with Crippen molar-refractivity contribution in [1.29, 1.82) is 0 Å². The largest absolute Gasteiger partial charge is 0.306 e. The fourth-order valence-electron chi connectivity index (χ4n) is 1.58. The molecule has 13 heavy (non-hydrogen) atoms. The first kappa shape index (κ1) is 10.3. The van der Waals surface area contributed by atoms with Crippen LogP contribution in [-0.4, -0.2) is 25.0 Å². The van der Waals surface area contributed by atoms with Crippen LogP contribution < -0.4 is 0 Å². The Morgan fingerprint density at radius 3 is 2.23 bits per heavy atom. The zero-order chi connectivity index (χ0) is 9.68. The molecular weight excluding hydrogens is 158 g/mol. The molecule has 1 atom stereocenters. The molecule has 0 saturated carbocycles. The highest BCUT2D eigenvalue weighted by molar-refractivity contribution is 5.15. The van der Waals surface area contributed by atoms with Crippen molar-refractivity contribution in [2.45, 2.75) is 25.8 Å². The Morgan fingerprint density at radius 2 is 1.77 bits per heavy atom. The first-order valence-corrected chi connectivity index (χ1v) is 4.94. The van der Waals surface area contributed by atoms with Gasteiger partial charge in [-0.25, -0.2) is 0 Å². The maximum absolute atomic E-state index is 2.30. The van der Waals surface area contributed by atoms with Crippen molar-refractivity contribution in [2.75, 3.05) is 14.1 Å². The van der Waals surface area contributed by atoms with Gasteiger partial charge >= 0.3 is 0 Å². The molecule has 0 spiro atoms. The summed E-state index contributed by atoms with van der Waals surface area (Å²) in [6.45, 7) is 2.24. The smallest absolute Gasteiger partial charge is 0.0127 e. The summed E-state index contributed by atoms with van der Waals surface area (Å²) in [5.41, 5.74) is 1.43. The molecule has 0 N–H and O–H groups in total. The molecule has 0 bridgehead atoms. The minimum atomic E-state index is 0.669. The van der Waals surface area contributed by atoms with Crippen LogP contribution in [0.5, 0.6) is 0 Å². The summed E-state index contributed by atoms with van der Waals surface area (Å²) < 4.78 is 0. The molecule has 1 aromatic rings. The van der Waals surface area contributed by atoms with Crippen molar-refractivity contribution in [2.24, 2.45) is 0 Å². The van der Waals surface area contributed by atoms with Crippen molar-refractivity contribution >= 4 is 0 Å². The number of hydrogen-bond acceptors (Lipinski definition) is 1. The molecule has 0 saturated heterocycles. The van der Waals surface area contributed by atoms with Gasteiger partial charge in [-0.2, -0.15) is 0 Å². The van der Waals surface area contributed by atoms with Gasteiger partial charge < -0.3 is 4.90 Å². The second-order valence-electron chi connectivity index (χ2n) is 3.72. The van der Waals surface area contributed by atoms with Crippen LogP contribution in [0.3, 0.4) is 0 Å². The van der Waals surface area contributed by atoms with Crippen LogP contribution in [-0.2, 0) is 6.42 Å². The lowest BCUT2D eigenvalue weighted by atomic mass is 10.0. The zero-order valence-electron chi connectivity index (χ0n) is 8.83. The van der Waals surface area contributed by atoms with E-state index in [0.29, 0.717) is 6.04 Å². The Morgan fingerprint density at radius 1 is 1.15 bits per heavy atom. The summed E-state index contributed by atoms with van der Waals surface area (Å²) in [5.74, 6) is 0. The van der Waals surface area contributed by atoms with Gasteiger partial charge in [0.1, 0.15) is 0 Å². The Balaban J connectivity index is 2.57. The zero-order valence-corrected chi connectivity index (χ0v) is 8.83. The lowest BCUT2D eigenvalue weighted by Gasteiger charge is -2.22. The number of nitrogens with zero attached hydrogens (tertiary/aromatic N) is 1. The summed E-state index contributed by atoms with van der Waals surface area (Å²) >= 11 is 0. The van der Waals surface area contributed by atoms with Crippen LogP contribution in [0, 0.1) is 0 Å². The third-order valence-electron chi connectivity index (χ3n) is 2.52. The van der Waals surface area contributed by atoms with E-state index >= 15 is 0 Å². The normalized spacial score (nSPS) is 13.2. The lowest BCUT2D eigenvalue weighted by Crippen LogP contribution is -2.29. The van der Waals surface area contributed by atoms with Gasteiger partial charge in [0.2, 0.25) is 0 Å². The monoisotopic (exact) mass is 177 g/mol. The van der Waals surface area contributed by atoms with E-state index in [2.05, 4.69) is 56.3 Å². The fraction of sp³-hybridized carbons (Fsp3) is 0.500. The van der Waals surface area contributed by atoms with Gasteiger partial charge in [-0.05, 0) is 32.5 Å². The standard InChI is InChI=1S/C12H19N/c1-4-12(13(2)3)10-11-8-6-5-7-9-11/h5-9,12H,4,10H2,1-3H3/t12-/m0/s1. The number of hydrogen-bond donors (Lipinski definition) is 0. The average molecular weight is 177 g/mol. The predicted molar refractivity (Wildman–Crippen MR) is 57.9 cm³/mol. The SMILES string of the molecule is CC[C@@H](Cc1ccccc1)N(C)C. The van der Waals surface area contributed by atoms with Crippen molar-refractivity contribution in [3.63, 3.8) is 0 Å². The van der Waals surface area contributed by atoms with E-state index < -0.39 is 0 Å². The van der Waals surface area contributed by atoms with Crippen molar-refractivity contribution in [3.05, 3.63) is 35.9 Å². The van der Waals surface area contributed by atoms with E-state index in [1.807, 2.05) is 0 Å². The summed E-state index contributed by atoms with van der Waals surface area (Å²) in [6.07, 6.45) is 2.37. The quantitative estimate of drug-likeness (QED) is 0.683. The molecule has 0 aliphatic rings. The summed E-state index contributed by atoms with van der Waals surface area (Å²) in [6, 6.07) is 11.4. The van der Waals surface area contributed by atoms with E-state index in [9.17, 15) is 0 Å². The second-order valence-corrected chi connectivity index (χ2v) is 3.72. The molecule has 1 aromatic carbocycles. The molecule has 1 rings (SSSR count). The maximum atomic E-state index is 2.30. The van der Waals surface area contributed by atoms with Crippen molar-refractivity contribution < 1.29 is 0 Å². The molecule has 1 nitrogen and oxygen atoms in total. The van der Waals surface area contributed by atoms with Crippen molar-refractivity contribution in [3.8, 4) is 0 Å². The minimum absolute atomic E-state index is 0.669. The van der Waals surface area contributed by atoms with Gasteiger partial charge in [-0.15, -0.1) is 0 Å². The van der Waals surface area contributed by atoms with E-state index in [4.69, 9.17) is 0 Å². The lowest BCUT2D eigenvalue weighted by molar-refractivity contribution is 0.284. The highest BCUT2D eigenvalue weighted by Crippen LogP contribution is 2.08. The topological polar surface area (TPSA) is 3.24 Å². The number of benzene rings is 1. The molecular formula is C12H19N. The summed E-state index contributed by atoms with van der Waals surface area (Å²) in [5, 5.41) is 0. The van der Waals surface area contributed by atoms with Gasteiger partial charge in [-0.1, -0.05) is 37.3 Å². The Hall–Kier alpha value is -0.820. The first-order chi connectivity index (χ1) is 6.24. The van der Waals surface area contributed by atoms with Gasteiger partial charge in [-0.3, -0.25) is 0 Å². The molecule has 0 amide bonds. The second kappa shape index (κ2) is 5.03. The van der Waals surface area contributed by atoms with Gasteiger partial charge in [0.15, 0.2) is 0 Å². The Labute approximate surface area is 81.4 Å². The fourth-order valence-corrected chi connectivity index (χ4v) is 1.58. The third kappa shape index (κ3) is 3.19. The van der Waals surface area contributed by atoms with Gasteiger partial charge in [0, 0.05) is 6.04 Å². The average Bonchev–Trinajstić information content (AvgIpc) is 2.15. The van der Waals surface area contributed by atoms with Crippen LogP contribution in [0.4, 0.5) is 0 Å². The first-order valence-electron chi connectivity index (χ1n) is 4.94. The molecule has 0 radical (unpaired) electrons. The van der Waals surface area contributed by atoms with Crippen LogP contribution in [0.25, 0.3) is 0 Å². The molecule has 0 unspecified atom stereocenters. The van der Waals surface area contributed by atoms with E-state index in [1.165, 1.54) is 12.0 Å². The van der Waals surface area contributed by atoms with Crippen molar-refractivity contribution in [1.82, 2.24) is 4.90 Å². The maximum Gasteiger partial charge on any atom is 0.0127 e. The van der Waals surface area contributed by atoms with Gasteiger partial charge in [0.05, 0.1) is 0 Å². The van der Waals surface area contributed by atoms with E-state index in [1.54, 1.807) is 0 Å². The van der Waals surface area contributed by atoms with E-state index in [0.717, 1.165) is 6.42 Å². The summed E-state index contributed by atoms with van der Waals surface area (Å²) in [4.78, 5) is 2.30. The molecule has 1 heteroatoms. The molecule has 0 aliphatic heterocycles. The predicted octanol–water partition coefficient (Wildman–Crippen LogP) is 2.57. The highest BCUT2D eigenvalue weighted by atomic mass is 15.1. The van der Waals surface area contributed by atoms with Crippen LogP contribution in [0.1, 0.15) is 18.9 Å². The molecule has 0 heterocycles. The number of likely N-dealkylation sites (N-methyl/N-ethyl adjacent to an activating group) is 1. The van der Waals surface area contributed by atoms with Crippen LogP contribution >= 0.6 is 0 Å². The number of rotatable bonds is 4. The van der Waals surface area contributed by atoms with Gasteiger partial charge in [0.25, 0.3) is 0 Å². The molecule has 0 fully saturated rings. The highest BCUT2D eigenvalue weighted by Gasteiger charge is 2.08. The Bertz CT molecular complexity index is 228. The van der Waals surface area contributed by atoms with Crippen LogP contribution in [0.15, 0.2) is 30.3 Å². The van der Waals surface area contributed by atoms with Crippen LogP contribution in [0.2, 0.25) is 0 Å². The minimum Gasteiger partial charge on any atom is -0.306 e. The Kier molecular flexibility index (Phi) is 3.97. The van der Waals surface area contributed by atoms with E-state index in [-0.39, 0.29) is 0 Å².